The summed E-state index contributed by atoms with van der Waals surface area (Å²) in [4.78, 5) is 9.31. The summed E-state index contributed by atoms with van der Waals surface area (Å²) in [5, 5.41) is 3.86. The molecule has 0 amide bonds. The maximum atomic E-state index is 15.4. The van der Waals surface area contributed by atoms with Crippen LogP contribution in [0.15, 0.2) is 42.5 Å². The molecule has 5 rings (SSSR count). The van der Waals surface area contributed by atoms with Crippen molar-refractivity contribution in [2.24, 2.45) is 0 Å². The average molecular weight is 720 g/mol. The summed E-state index contributed by atoms with van der Waals surface area (Å²) < 4.78 is 74.4. The number of pyridine rings is 2. The Hall–Kier alpha value is -2.93. The van der Waals surface area contributed by atoms with Crippen LogP contribution in [0, 0.1) is 23.9 Å². The van der Waals surface area contributed by atoms with Crippen LogP contribution >= 0.6 is 0 Å². The van der Waals surface area contributed by atoms with Crippen molar-refractivity contribution >= 4 is 0 Å². The predicted octanol–water partition coefficient (Wildman–Crippen LogP) is 7.12. The van der Waals surface area contributed by atoms with Gasteiger partial charge in [-0.05, 0) is 42.5 Å². The summed E-state index contributed by atoms with van der Waals surface area (Å²) in [6.45, 7) is 10.0. The Kier molecular flexibility index (Phi) is 6.95. The zero-order chi connectivity index (χ0) is 27.8. The smallest absolute Gasteiger partial charge is 0.343 e. The van der Waals surface area contributed by atoms with Crippen molar-refractivity contribution in [3.05, 3.63) is 94.6 Å². The fourth-order valence-corrected chi connectivity index (χ4v) is 4.79. The van der Waals surface area contributed by atoms with Crippen molar-refractivity contribution in [2.45, 2.75) is 64.0 Å². The Labute approximate surface area is 238 Å². The predicted molar refractivity (Wildman–Crippen MR) is 132 cm³/mol. The molecule has 39 heavy (non-hydrogen) atoms. The van der Waals surface area contributed by atoms with E-state index in [1.165, 1.54) is 0 Å². The van der Waals surface area contributed by atoms with Crippen molar-refractivity contribution in [2.75, 3.05) is 0 Å². The van der Waals surface area contributed by atoms with Crippen LogP contribution in [0.4, 0.5) is 22.0 Å². The standard InChI is InChI=1S/C29H25F5N4.Pt/c1-26(2)22-10-7-9-21(35-22)16-13-17(20(31)14-19(16)30)27(3,4)28(5,6)18-15-38(37-25(18)29(32,33)34)24-12-8-11-23(26)36-24;/h7-12,14H,1-6H3;/q-2;+2. The molecule has 1 aliphatic heterocycles. The Bertz CT molecular complexity index is 1570. The first-order valence-corrected chi connectivity index (χ1v) is 12.0. The summed E-state index contributed by atoms with van der Waals surface area (Å²) in [5.74, 6) is -1.65. The van der Waals surface area contributed by atoms with E-state index in [1.807, 2.05) is 13.8 Å². The van der Waals surface area contributed by atoms with Crippen molar-refractivity contribution < 1.29 is 43.0 Å². The van der Waals surface area contributed by atoms with Gasteiger partial charge in [-0.1, -0.05) is 75.4 Å². The van der Waals surface area contributed by atoms with Gasteiger partial charge in [-0.15, -0.1) is 11.6 Å². The third-order valence-electron chi connectivity index (χ3n) is 7.95. The Morgan fingerprint density at radius 1 is 0.795 bits per heavy atom. The van der Waals surface area contributed by atoms with E-state index >= 15 is 8.78 Å². The van der Waals surface area contributed by atoms with Crippen molar-refractivity contribution in [1.82, 2.24) is 19.7 Å². The van der Waals surface area contributed by atoms with E-state index in [0.29, 0.717) is 11.4 Å². The van der Waals surface area contributed by atoms with Crippen LogP contribution in [-0.2, 0) is 43.5 Å². The number of nitrogens with zero attached hydrogens (tertiary/aromatic N) is 4. The van der Waals surface area contributed by atoms with Crippen molar-refractivity contribution in [1.29, 1.82) is 0 Å². The van der Waals surface area contributed by atoms with Gasteiger partial charge in [0.15, 0.2) is 0 Å². The molecule has 0 spiro atoms. The van der Waals surface area contributed by atoms with Gasteiger partial charge in [-0.25, -0.2) is 0 Å². The first-order valence-electron chi connectivity index (χ1n) is 12.0. The van der Waals surface area contributed by atoms with Crippen molar-refractivity contribution in [3.63, 3.8) is 0 Å². The van der Waals surface area contributed by atoms with E-state index in [2.05, 4.69) is 27.3 Å². The first-order chi connectivity index (χ1) is 17.5. The van der Waals surface area contributed by atoms with Gasteiger partial charge in [0.1, 0.15) is 0 Å². The number of hydrogen-bond acceptors (Lipinski definition) is 3. The van der Waals surface area contributed by atoms with E-state index in [1.54, 1.807) is 64.1 Å². The number of benzene rings is 1. The van der Waals surface area contributed by atoms with Crippen LogP contribution in [0.3, 0.4) is 0 Å². The number of hydrogen-bond donors (Lipinski definition) is 0. The molecule has 0 radical (unpaired) electrons. The summed E-state index contributed by atoms with van der Waals surface area (Å²) >= 11 is 0. The quantitative estimate of drug-likeness (QED) is 0.144. The number of fused-ring (bicyclic) bond motifs is 10. The number of alkyl halides is 3. The SMILES string of the molecule is CC1(C)c2cccc(n2)-c2[c-]c(c(F)cc2F)C(C)(C)C(C)(C)c2[c-]n(nc2C(F)(F)F)-c2cccc1n2.[Pt+2]. The maximum Gasteiger partial charge on any atom is 2.00 e. The van der Waals surface area contributed by atoms with Crippen LogP contribution < -0.4 is 0 Å². The number of halogens is 5. The van der Waals surface area contributed by atoms with Gasteiger partial charge in [0.05, 0.1) is 11.5 Å². The number of aromatic nitrogens is 4. The fraction of sp³-hybridized carbons (Fsp3) is 0.345. The van der Waals surface area contributed by atoms with Gasteiger partial charge in [-0.3, -0.25) is 18.9 Å². The van der Waals surface area contributed by atoms with Gasteiger partial charge in [-0.2, -0.15) is 13.2 Å². The molecule has 0 atom stereocenters. The maximum absolute atomic E-state index is 15.4. The van der Waals surface area contributed by atoms with Gasteiger partial charge < -0.3 is 9.67 Å². The molecule has 4 heterocycles. The Morgan fingerprint density at radius 2 is 1.38 bits per heavy atom. The average Bonchev–Trinajstić information content (AvgIpc) is 3.31. The van der Waals surface area contributed by atoms with Gasteiger partial charge in [0.25, 0.3) is 0 Å². The molecule has 0 N–H and O–H groups in total. The normalized spacial score (nSPS) is 17.0. The molecule has 4 aromatic rings. The molecule has 10 heteroatoms. The van der Waals surface area contributed by atoms with Gasteiger partial charge in [0, 0.05) is 28.4 Å². The Balaban J connectivity index is 0.00000353. The van der Waals surface area contributed by atoms with Crippen LogP contribution in [-0.4, -0.2) is 19.7 Å². The third-order valence-corrected chi connectivity index (χ3v) is 7.95. The van der Waals surface area contributed by atoms with E-state index < -0.39 is 39.7 Å². The molecular formula is C29H25F5N4Pt. The first kappa shape index (κ1) is 29.1. The second-order valence-corrected chi connectivity index (χ2v) is 11.1. The van der Waals surface area contributed by atoms with E-state index in [-0.39, 0.29) is 49.3 Å². The summed E-state index contributed by atoms with van der Waals surface area (Å²) in [5.41, 5.74) is -3.84. The van der Waals surface area contributed by atoms with Crippen LogP contribution in [0.1, 0.15) is 69.8 Å². The molecule has 0 saturated carbocycles. The number of rotatable bonds is 0. The second-order valence-electron chi connectivity index (χ2n) is 11.1. The van der Waals surface area contributed by atoms with Crippen LogP contribution in [0.2, 0.25) is 0 Å². The molecule has 3 aromatic heterocycles. The minimum Gasteiger partial charge on any atom is -0.343 e. The van der Waals surface area contributed by atoms with Crippen molar-refractivity contribution in [3.8, 4) is 17.1 Å². The molecule has 1 aliphatic rings. The summed E-state index contributed by atoms with van der Waals surface area (Å²) in [7, 11) is 0. The molecule has 0 fully saturated rings. The monoisotopic (exact) mass is 719 g/mol. The molecule has 1 aromatic carbocycles. The summed E-state index contributed by atoms with van der Waals surface area (Å²) in [6.07, 6.45) is -2.03. The molecule has 4 nitrogen and oxygen atoms in total. The molecule has 0 saturated heterocycles. The molecule has 206 valence electrons. The minimum absolute atomic E-state index is 0. The molecule has 8 bridgehead atoms. The zero-order valence-corrected chi connectivity index (χ0v) is 24.3. The molecule has 0 aliphatic carbocycles. The molecule has 0 unspecified atom stereocenters. The summed E-state index contributed by atoms with van der Waals surface area (Å²) in [6, 6.07) is 13.6. The zero-order valence-electron chi connectivity index (χ0n) is 22.0. The second kappa shape index (κ2) is 9.32. The fourth-order valence-electron chi connectivity index (χ4n) is 4.79. The van der Waals surface area contributed by atoms with Gasteiger partial charge >= 0.3 is 27.2 Å². The van der Waals surface area contributed by atoms with Crippen LogP contribution in [0.5, 0.6) is 0 Å². The third kappa shape index (κ3) is 4.52. The van der Waals surface area contributed by atoms with Gasteiger partial charge in [0.2, 0.25) is 0 Å². The largest absolute Gasteiger partial charge is 2.00 e. The van der Waals surface area contributed by atoms with Crippen LogP contribution in [0.25, 0.3) is 17.1 Å². The van der Waals surface area contributed by atoms with E-state index in [0.717, 1.165) is 10.7 Å². The van der Waals surface area contributed by atoms with E-state index in [9.17, 15) is 13.2 Å². The molecular weight excluding hydrogens is 694 g/mol. The van der Waals surface area contributed by atoms with E-state index in [4.69, 9.17) is 0 Å². The topological polar surface area (TPSA) is 43.6 Å². The minimum atomic E-state index is -4.82. The Morgan fingerprint density at radius 3 is 2.03 bits per heavy atom.